The Morgan fingerprint density at radius 3 is 2.50 bits per heavy atom. The first-order chi connectivity index (χ1) is 6.33. The highest BCUT2D eigenvalue weighted by molar-refractivity contribution is 5.84. The zero-order valence-electron chi connectivity index (χ0n) is 7.24. The predicted octanol–water partition coefficient (Wildman–Crippen LogP) is 0.249. The van der Waals surface area contributed by atoms with E-state index in [1.807, 2.05) is 0 Å². The van der Waals surface area contributed by atoms with E-state index in [2.05, 4.69) is 0 Å². The van der Waals surface area contributed by atoms with E-state index in [4.69, 9.17) is 10.8 Å². The molecule has 1 rings (SSSR count). The van der Waals surface area contributed by atoms with Crippen LogP contribution in [0.15, 0.2) is 0 Å². The minimum absolute atomic E-state index is 0.365. The van der Waals surface area contributed by atoms with Gasteiger partial charge in [-0.1, -0.05) is 0 Å². The number of rotatable bonds is 1. The monoisotopic (exact) mass is 208 g/mol. The van der Waals surface area contributed by atoms with Crippen molar-refractivity contribution < 1.29 is 23.5 Å². The van der Waals surface area contributed by atoms with Gasteiger partial charge in [-0.05, 0) is 0 Å². The van der Waals surface area contributed by atoms with Crippen LogP contribution in [0.4, 0.5) is 13.6 Å². The molecule has 0 aromatic carbocycles. The highest BCUT2D eigenvalue weighted by Gasteiger charge is 2.44. The molecule has 1 atom stereocenters. The zero-order valence-corrected chi connectivity index (χ0v) is 7.24. The second-order valence-corrected chi connectivity index (χ2v) is 3.20. The Morgan fingerprint density at radius 1 is 1.50 bits per heavy atom. The number of likely N-dealkylation sites (tertiary alicyclic amines) is 1. The van der Waals surface area contributed by atoms with Crippen molar-refractivity contribution in [2.24, 2.45) is 5.73 Å². The first kappa shape index (κ1) is 10.7. The molecule has 1 aliphatic rings. The summed E-state index contributed by atoms with van der Waals surface area (Å²) in [5.74, 6) is -4.04. The molecule has 7 heteroatoms. The molecule has 2 amide bonds. The number of carbonyl (C=O) groups excluding carboxylic acids is 1. The molecule has 0 radical (unpaired) electrons. The Hall–Kier alpha value is -1.40. The molecule has 0 aromatic rings. The number of hydrogen-bond acceptors (Lipinski definition) is 2. The minimum atomic E-state index is -3.01. The molecule has 1 fully saturated rings. The lowest BCUT2D eigenvalue weighted by Crippen LogP contribution is -2.54. The Balaban J connectivity index is 2.81. The summed E-state index contributed by atoms with van der Waals surface area (Å²) < 4.78 is 25.6. The summed E-state index contributed by atoms with van der Waals surface area (Å²) in [5.41, 5.74) is 4.84. The van der Waals surface area contributed by atoms with E-state index in [0.717, 1.165) is 0 Å². The smallest absolute Gasteiger partial charge is 0.407 e. The average molecular weight is 208 g/mol. The van der Waals surface area contributed by atoms with E-state index in [-0.39, 0.29) is 6.54 Å². The van der Waals surface area contributed by atoms with Gasteiger partial charge in [-0.15, -0.1) is 0 Å². The standard InChI is InChI=1S/C7H10F2N2O3/c8-7(9)1-2-11(6(13)14)4(3-7)5(10)12/h4H,1-3H2,(H2,10,12)(H,13,14). The minimum Gasteiger partial charge on any atom is -0.465 e. The molecule has 0 aromatic heterocycles. The highest BCUT2D eigenvalue weighted by atomic mass is 19.3. The van der Waals surface area contributed by atoms with Crippen LogP contribution in [0.5, 0.6) is 0 Å². The van der Waals surface area contributed by atoms with Crippen molar-refractivity contribution in [2.75, 3.05) is 6.54 Å². The molecule has 14 heavy (non-hydrogen) atoms. The van der Waals surface area contributed by atoms with Crippen molar-refractivity contribution in [3.05, 3.63) is 0 Å². The molecule has 1 unspecified atom stereocenters. The summed E-state index contributed by atoms with van der Waals surface area (Å²) in [6, 6.07) is -1.42. The molecule has 1 saturated heterocycles. The third kappa shape index (κ3) is 2.09. The van der Waals surface area contributed by atoms with Crippen LogP contribution < -0.4 is 5.73 Å². The molecular formula is C7H10F2N2O3. The Labute approximate surface area is 78.5 Å². The van der Waals surface area contributed by atoms with Gasteiger partial charge in [0.25, 0.3) is 5.92 Å². The molecule has 0 aliphatic carbocycles. The van der Waals surface area contributed by atoms with Gasteiger partial charge >= 0.3 is 6.09 Å². The Morgan fingerprint density at radius 2 is 2.07 bits per heavy atom. The maximum atomic E-state index is 12.8. The first-order valence-electron chi connectivity index (χ1n) is 4.00. The van der Waals surface area contributed by atoms with Crippen LogP contribution in [0, 0.1) is 0 Å². The Bertz CT molecular complexity index is 270. The van der Waals surface area contributed by atoms with Crippen LogP contribution in [0.1, 0.15) is 12.8 Å². The van der Waals surface area contributed by atoms with E-state index in [0.29, 0.717) is 4.90 Å². The van der Waals surface area contributed by atoms with Crippen molar-refractivity contribution in [1.29, 1.82) is 0 Å². The number of nitrogens with zero attached hydrogens (tertiary/aromatic N) is 1. The number of hydrogen-bond donors (Lipinski definition) is 2. The number of alkyl halides is 2. The van der Waals surface area contributed by atoms with Crippen LogP contribution in [0.2, 0.25) is 0 Å². The van der Waals surface area contributed by atoms with E-state index in [1.54, 1.807) is 0 Å². The number of carbonyl (C=O) groups is 2. The third-order valence-electron chi connectivity index (χ3n) is 2.16. The summed E-state index contributed by atoms with van der Waals surface area (Å²) >= 11 is 0. The lowest BCUT2D eigenvalue weighted by atomic mass is 9.98. The molecule has 1 aliphatic heterocycles. The van der Waals surface area contributed by atoms with E-state index in [9.17, 15) is 18.4 Å². The van der Waals surface area contributed by atoms with Gasteiger partial charge in [0.15, 0.2) is 0 Å². The number of piperidine rings is 1. The normalized spacial score (nSPS) is 25.9. The third-order valence-corrected chi connectivity index (χ3v) is 2.16. The molecule has 0 bridgehead atoms. The lowest BCUT2D eigenvalue weighted by Gasteiger charge is -2.35. The first-order valence-corrected chi connectivity index (χ1v) is 4.00. The van der Waals surface area contributed by atoms with Crippen LogP contribution >= 0.6 is 0 Å². The number of carboxylic acid groups (broad SMARTS) is 1. The van der Waals surface area contributed by atoms with Crippen molar-refractivity contribution in [3.8, 4) is 0 Å². The molecule has 3 N–H and O–H groups in total. The second-order valence-electron chi connectivity index (χ2n) is 3.20. The summed E-state index contributed by atoms with van der Waals surface area (Å²) in [7, 11) is 0. The van der Waals surface area contributed by atoms with Gasteiger partial charge in [-0.3, -0.25) is 9.69 Å². The number of amides is 2. The maximum absolute atomic E-state index is 12.8. The SMILES string of the molecule is NC(=O)C1CC(F)(F)CCN1C(=O)O. The lowest BCUT2D eigenvalue weighted by molar-refractivity contribution is -0.132. The number of primary amides is 1. The van der Waals surface area contributed by atoms with Crippen LogP contribution in [-0.2, 0) is 4.79 Å². The summed E-state index contributed by atoms with van der Waals surface area (Å²) in [6.45, 7) is -0.365. The fraction of sp³-hybridized carbons (Fsp3) is 0.714. The predicted molar refractivity (Wildman–Crippen MR) is 41.9 cm³/mol. The summed E-state index contributed by atoms with van der Waals surface area (Å²) in [4.78, 5) is 21.9. The topological polar surface area (TPSA) is 83.6 Å². The zero-order chi connectivity index (χ0) is 10.9. The van der Waals surface area contributed by atoms with Gasteiger partial charge in [0.05, 0.1) is 0 Å². The second kappa shape index (κ2) is 3.39. The van der Waals surface area contributed by atoms with Crippen LogP contribution in [-0.4, -0.2) is 40.5 Å². The molecular weight excluding hydrogens is 198 g/mol. The van der Waals surface area contributed by atoms with E-state index < -0.39 is 36.8 Å². The molecule has 80 valence electrons. The Kier molecular flexibility index (Phi) is 2.59. The fourth-order valence-corrected chi connectivity index (χ4v) is 1.42. The van der Waals surface area contributed by atoms with Crippen molar-refractivity contribution in [2.45, 2.75) is 24.8 Å². The number of halogens is 2. The molecule has 0 spiro atoms. The summed E-state index contributed by atoms with van der Waals surface area (Å²) in [5, 5.41) is 8.60. The van der Waals surface area contributed by atoms with Gasteiger partial charge < -0.3 is 10.8 Å². The highest BCUT2D eigenvalue weighted by Crippen LogP contribution is 2.31. The van der Waals surface area contributed by atoms with Gasteiger partial charge in [-0.2, -0.15) is 0 Å². The number of nitrogens with two attached hydrogens (primary N) is 1. The van der Waals surface area contributed by atoms with Crippen LogP contribution in [0.25, 0.3) is 0 Å². The molecule has 1 heterocycles. The van der Waals surface area contributed by atoms with E-state index in [1.165, 1.54) is 0 Å². The van der Waals surface area contributed by atoms with E-state index >= 15 is 0 Å². The van der Waals surface area contributed by atoms with Crippen molar-refractivity contribution >= 4 is 12.0 Å². The largest absolute Gasteiger partial charge is 0.465 e. The summed E-state index contributed by atoms with van der Waals surface area (Å²) in [6.07, 6.45) is -2.79. The van der Waals surface area contributed by atoms with Crippen molar-refractivity contribution in [3.63, 3.8) is 0 Å². The van der Waals surface area contributed by atoms with Gasteiger partial charge in [0, 0.05) is 19.4 Å². The van der Waals surface area contributed by atoms with Gasteiger partial charge in [-0.25, -0.2) is 13.6 Å². The maximum Gasteiger partial charge on any atom is 0.407 e. The quantitative estimate of drug-likeness (QED) is 0.647. The fourth-order valence-electron chi connectivity index (χ4n) is 1.42. The van der Waals surface area contributed by atoms with Crippen LogP contribution in [0.3, 0.4) is 0 Å². The average Bonchev–Trinajstić information content (AvgIpc) is 2.01. The van der Waals surface area contributed by atoms with Gasteiger partial charge in [0.1, 0.15) is 6.04 Å². The molecule has 5 nitrogen and oxygen atoms in total. The van der Waals surface area contributed by atoms with Crippen molar-refractivity contribution in [1.82, 2.24) is 4.90 Å². The van der Waals surface area contributed by atoms with Gasteiger partial charge in [0.2, 0.25) is 5.91 Å². The molecule has 0 saturated carbocycles.